The van der Waals surface area contributed by atoms with Crippen LogP contribution in [0.3, 0.4) is 0 Å². The minimum atomic E-state index is 0. The molecule has 0 saturated heterocycles. The van der Waals surface area contributed by atoms with Crippen molar-refractivity contribution < 1.29 is 34.0 Å². The van der Waals surface area contributed by atoms with Gasteiger partial charge in [-0.3, -0.25) is 0 Å². The van der Waals surface area contributed by atoms with Crippen LogP contribution >= 0.6 is 0 Å². The van der Waals surface area contributed by atoms with E-state index in [-0.39, 0.29) is 29.6 Å². The Labute approximate surface area is 65.0 Å². The number of hydrogen-bond acceptors (Lipinski definition) is 1. The Balaban J connectivity index is 0.000000360. The van der Waals surface area contributed by atoms with Crippen LogP contribution in [0, 0.1) is 6.92 Å². The number of hydrogen-bond donors (Lipinski definition) is 0. The third kappa shape index (κ3) is 2.07. The summed E-state index contributed by atoms with van der Waals surface area (Å²) in [5.74, 6) is 0.718. The van der Waals surface area contributed by atoms with E-state index in [4.69, 9.17) is 4.42 Å². The summed E-state index contributed by atoms with van der Waals surface area (Å²) in [6.07, 6.45) is 1.60. The maximum absolute atomic E-state index is 4.72. The molecule has 7 heavy (non-hydrogen) atoms. The zero-order valence-corrected chi connectivity index (χ0v) is 6.35. The van der Waals surface area contributed by atoms with Crippen LogP contribution < -0.4 is 29.6 Å². The normalized spacial score (nSPS) is 7.43. The average molecular weight is 104 g/mol. The van der Waals surface area contributed by atoms with E-state index in [1.165, 1.54) is 0 Å². The van der Waals surface area contributed by atoms with Crippen molar-refractivity contribution in [2.24, 2.45) is 0 Å². The molecule has 0 N–H and O–H groups in total. The van der Waals surface area contributed by atoms with Gasteiger partial charge < -0.3 is 4.42 Å². The van der Waals surface area contributed by atoms with Crippen LogP contribution in [-0.2, 0) is 0 Å². The van der Waals surface area contributed by atoms with Gasteiger partial charge in [0.15, 0.2) is 0 Å². The van der Waals surface area contributed by atoms with Gasteiger partial charge in [-0.25, -0.2) is 6.92 Å². The van der Waals surface area contributed by atoms with Crippen LogP contribution in [0.1, 0.15) is 5.76 Å². The molecule has 0 spiro atoms. The van der Waals surface area contributed by atoms with Gasteiger partial charge in [-0.05, 0) is 5.76 Å². The van der Waals surface area contributed by atoms with E-state index >= 15 is 0 Å². The van der Waals surface area contributed by atoms with Gasteiger partial charge in [0.25, 0.3) is 0 Å². The molecule has 1 nitrogen and oxygen atoms in total. The molecule has 32 valence electrons. The fourth-order valence-corrected chi connectivity index (χ4v) is 0.313. The topological polar surface area (TPSA) is 13.1 Å². The monoisotopic (exact) mass is 104 g/mol. The summed E-state index contributed by atoms with van der Waals surface area (Å²) >= 11 is 0. The van der Waals surface area contributed by atoms with E-state index < -0.39 is 0 Å². The Kier molecular flexibility index (Phi) is 3.26. The van der Waals surface area contributed by atoms with E-state index in [9.17, 15) is 0 Å². The second kappa shape index (κ2) is 3.19. The van der Waals surface area contributed by atoms with Crippen molar-refractivity contribution in [2.75, 3.05) is 0 Å². The van der Waals surface area contributed by atoms with Gasteiger partial charge in [0.1, 0.15) is 0 Å². The summed E-state index contributed by atoms with van der Waals surface area (Å²) in [6.45, 7) is 3.51. The molecule has 0 fully saturated rings. The predicted octanol–water partition coefficient (Wildman–Crippen LogP) is -1.53. The minimum absolute atomic E-state index is 0. The molecule has 0 saturated carbocycles. The molecule has 0 unspecified atom stereocenters. The summed E-state index contributed by atoms with van der Waals surface area (Å²) < 4.78 is 4.72. The number of furan rings is 1. The Morgan fingerprint density at radius 2 is 2.29 bits per heavy atom. The molecule has 0 atom stereocenters. The van der Waals surface area contributed by atoms with Crippen molar-refractivity contribution in [3.05, 3.63) is 31.1 Å². The smallest absolute Gasteiger partial charge is 0.504 e. The Hall–Kier alpha value is 0.150. The first kappa shape index (κ1) is 7.15. The van der Waals surface area contributed by atoms with E-state index in [0.717, 1.165) is 5.76 Å². The van der Waals surface area contributed by atoms with Crippen LogP contribution in [0.25, 0.3) is 0 Å². The van der Waals surface area contributed by atoms with Crippen LogP contribution in [0.15, 0.2) is 22.8 Å². The molecule has 0 bridgehead atoms. The molecule has 1 aromatic rings. The van der Waals surface area contributed by atoms with E-state index in [0.29, 0.717) is 0 Å². The maximum Gasteiger partial charge on any atom is 1.00 e. The molecule has 0 aliphatic rings. The molecule has 0 amide bonds. The molecule has 2 heteroatoms. The van der Waals surface area contributed by atoms with E-state index in [1.807, 2.05) is 6.07 Å². The first-order chi connectivity index (χ1) is 2.89. The van der Waals surface area contributed by atoms with Gasteiger partial charge in [-0.1, -0.05) is 0 Å². The van der Waals surface area contributed by atoms with Gasteiger partial charge in [0, 0.05) is 0 Å². The zero-order valence-electron chi connectivity index (χ0n) is 4.35. The Bertz CT molecular complexity index is 112. The van der Waals surface area contributed by atoms with Gasteiger partial charge >= 0.3 is 29.6 Å². The van der Waals surface area contributed by atoms with Crippen LogP contribution in [0.4, 0.5) is 0 Å². The van der Waals surface area contributed by atoms with Gasteiger partial charge in [-0.15, -0.1) is 6.07 Å². The van der Waals surface area contributed by atoms with Crippen molar-refractivity contribution in [2.45, 2.75) is 0 Å². The molecular weight excluding hydrogens is 99.0 g/mol. The first-order valence-electron chi connectivity index (χ1n) is 1.75. The molecule has 1 aromatic heterocycles. The molecular formula is C5H5NaO. The van der Waals surface area contributed by atoms with Gasteiger partial charge in [-0.2, -0.15) is 6.07 Å². The van der Waals surface area contributed by atoms with E-state index in [1.54, 1.807) is 12.3 Å². The third-order valence-electron chi connectivity index (χ3n) is 0.580. The molecule has 1 rings (SSSR count). The summed E-state index contributed by atoms with van der Waals surface area (Å²) in [6, 6.07) is 3.61. The summed E-state index contributed by atoms with van der Waals surface area (Å²) in [5.41, 5.74) is 0. The summed E-state index contributed by atoms with van der Waals surface area (Å²) in [5, 5.41) is 0. The maximum atomic E-state index is 4.72. The first-order valence-corrected chi connectivity index (χ1v) is 1.75. The minimum Gasteiger partial charge on any atom is -0.504 e. The van der Waals surface area contributed by atoms with E-state index in [2.05, 4.69) is 6.92 Å². The molecule has 0 aromatic carbocycles. The van der Waals surface area contributed by atoms with Crippen LogP contribution in [0.5, 0.6) is 0 Å². The Morgan fingerprint density at radius 3 is 2.43 bits per heavy atom. The van der Waals surface area contributed by atoms with Crippen molar-refractivity contribution in [1.29, 1.82) is 0 Å². The van der Waals surface area contributed by atoms with Crippen molar-refractivity contribution >= 4 is 0 Å². The van der Waals surface area contributed by atoms with Gasteiger partial charge in [0.2, 0.25) is 0 Å². The second-order valence-electron chi connectivity index (χ2n) is 1.08. The molecule has 1 heterocycles. The predicted molar refractivity (Wildman–Crippen MR) is 23.2 cm³/mol. The third-order valence-corrected chi connectivity index (χ3v) is 0.580. The van der Waals surface area contributed by atoms with Gasteiger partial charge in [0.05, 0.1) is 6.26 Å². The average Bonchev–Trinajstić information content (AvgIpc) is 1.86. The van der Waals surface area contributed by atoms with Crippen molar-refractivity contribution in [3.63, 3.8) is 0 Å². The van der Waals surface area contributed by atoms with Crippen molar-refractivity contribution in [1.82, 2.24) is 0 Å². The standard InChI is InChI=1S/C5H5O.Na/c1-5-3-2-4-6-5;/h2-4H,1H2;/q-1;+1. The van der Waals surface area contributed by atoms with Crippen LogP contribution in [-0.4, -0.2) is 0 Å². The Morgan fingerprint density at radius 1 is 1.57 bits per heavy atom. The van der Waals surface area contributed by atoms with Crippen LogP contribution in [0.2, 0.25) is 0 Å². The fourth-order valence-electron chi connectivity index (χ4n) is 0.313. The molecule has 0 radical (unpaired) electrons. The largest absolute Gasteiger partial charge is 1.00 e. The fraction of sp³-hybridized carbons (Fsp3) is 0. The zero-order chi connectivity index (χ0) is 4.41. The SMILES string of the molecule is [CH2-]c1ccco1.[Na+]. The summed E-state index contributed by atoms with van der Waals surface area (Å²) in [4.78, 5) is 0. The molecule has 0 aliphatic heterocycles. The molecule has 0 aliphatic carbocycles. The quantitative estimate of drug-likeness (QED) is 0.287. The van der Waals surface area contributed by atoms with Crippen molar-refractivity contribution in [3.8, 4) is 0 Å². The number of rotatable bonds is 0. The second-order valence-corrected chi connectivity index (χ2v) is 1.08. The summed E-state index contributed by atoms with van der Waals surface area (Å²) in [7, 11) is 0.